The molecule has 0 radical (unpaired) electrons. The molecule has 3 rings (SSSR count). The first-order valence-electron chi connectivity index (χ1n) is 8.93. The molecule has 0 nitrogen and oxygen atoms in total. The van der Waals surface area contributed by atoms with Gasteiger partial charge in [0, 0.05) is 10.1 Å². The van der Waals surface area contributed by atoms with Crippen LogP contribution in [0, 0.1) is 6.92 Å². The van der Waals surface area contributed by atoms with Gasteiger partial charge < -0.3 is 0 Å². The molecular formula is C25H24S. The van der Waals surface area contributed by atoms with Crippen LogP contribution in [-0.4, -0.2) is 5.25 Å². The molecule has 0 amide bonds. The van der Waals surface area contributed by atoms with Crippen LogP contribution >= 0.6 is 11.8 Å². The van der Waals surface area contributed by atoms with Gasteiger partial charge in [0.2, 0.25) is 0 Å². The van der Waals surface area contributed by atoms with Crippen LogP contribution in [0.3, 0.4) is 0 Å². The quantitative estimate of drug-likeness (QED) is 0.319. The lowest BCUT2D eigenvalue weighted by Crippen LogP contribution is -2.00. The van der Waals surface area contributed by atoms with Gasteiger partial charge in [-0.2, -0.15) is 0 Å². The Morgan fingerprint density at radius 2 is 1.38 bits per heavy atom. The Morgan fingerprint density at radius 1 is 0.846 bits per heavy atom. The molecule has 130 valence electrons. The van der Waals surface area contributed by atoms with E-state index in [-0.39, 0.29) is 0 Å². The van der Waals surface area contributed by atoms with Crippen molar-refractivity contribution in [3.63, 3.8) is 0 Å². The number of benzene rings is 3. The molecule has 1 unspecified atom stereocenters. The van der Waals surface area contributed by atoms with Crippen LogP contribution in [0.15, 0.2) is 109 Å². The average molecular weight is 357 g/mol. The highest BCUT2D eigenvalue weighted by molar-refractivity contribution is 8.00. The molecule has 0 saturated heterocycles. The Labute approximate surface area is 161 Å². The molecular weight excluding hydrogens is 332 g/mol. The van der Waals surface area contributed by atoms with Crippen molar-refractivity contribution >= 4 is 17.3 Å². The van der Waals surface area contributed by atoms with E-state index in [1.54, 1.807) is 0 Å². The van der Waals surface area contributed by atoms with Gasteiger partial charge in [-0.25, -0.2) is 0 Å². The molecule has 26 heavy (non-hydrogen) atoms. The van der Waals surface area contributed by atoms with Crippen LogP contribution in [0.5, 0.6) is 0 Å². The standard InChI is InChI=1S/C25H24S/c1-3-10-24(26-23-17-15-20(2)16-18-23)19-25(21-11-6-4-7-12-21)22-13-8-5-9-14-22/h3-9,11-19,24H,1,10H2,2H3. The lowest BCUT2D eigenvalue weighted by atomic mass is 9.96. The Morgan fingerprint density at radius 3 is 1.88 bits per heavy atom. The number of allylic oxidation sites excluding steroid dienone is 1. The summed E-state index contributed by atoms with van der Waals surface area (Å²) in [5.41, 5.74) is 5.06. The summed E-state index contributed by atoms with van der Waals surface area (Å²) in [5, 5.41) is 0.339. The van der Waals surface area contributed by atoms with E-state index >= 15 is 0 Å². The fraction of sp³-hybridized carbons (Fsp3) is 0.120. The zero-order valence-corrected chi connectivity index (χ0v) is 16.0. The fourth-order valence-corrected chi connectivity index (χ4v) is 3.97. The van der Waals surface area contributed by atoms with Crippen LogP contribution in [0.25, 0.3) is 5.57 Å². The molecule has 0 aliphatic rings. The third kappa shape index (κ3) is 5.00. The summed E-state index contributed by atoms with van der Waals surface area (Å²) in [5.74, 6) is 0. The normalized spacial score (nSPS) is 11.6. The minimum absolute atomic E-state index is 0.339. The first-order chi connectivity index (χ1) is 12.8. The SMILES string of the molecule is C=CCC(C=C(c1ccccc1)c1ccccc1)Sc1ccc(C)cc1. The van der Waals surface area contributed by atoms with E-state index < -0.39 is 0 Å². The van der Waals surface area contributed by atoms with E-state index in [1.165, 1.54) is 27.2 Å². The van der Waals surface area contributed by atoms with E-state index in [4.69, 9.17) is 0 Å². The summed E-state index contributed by atoms with van der Waals surface area (Å²) >= 11 is 1.89. The third-order valence-corrected chi connectivity index (χ3v) is 5.41. The summed E-state index contributed by atoms with van der Waals surface area (Å²) < 4.78 is 0. The van der Waals surface area contributed by atoms with Gasteiger partial charge in [0.1, 0.15) is 0 Å². The maximum absolute atomic E-state index is 3.97. The van der Waals surface area contributed by atoms with Crippen molar-refractivity contribution < 1.29 is 0 Å². The minimum atomic E-state index is 0.339. The Kier molecular flexibility index (Phi) is 6.51. The Bertz CT molecular complexity index is 804. The molecule has 3 aromatic carbocycles. The first kappa shape index (κ1) is 18.3. The molecule has 0 saturated carbocycles. The van der Waals surface area contributed by atoms with Gasteiger partial charge in [-0.1, -0.05) is 90.5 Å². The topological polar surface area (TPSA) is 0 Å². The molecule has 1 atom stereocenters. The minimum Gasteiger partial charge on any atom is -0.118 e. The van der Waals surface area contributed by atoms with Crippen LogP contribution < -0.4 is 0 Å². The summed E-state index contributed by atoms with van der Waals surface area (Å²) in [4.78, 5) is 1.29. The zero-order valence-electron chi connectivity index (χ0n) is 15.1. The monoisotopic (exact) mass is 356 g/mol. The number of hydrogen-bond donors (Lipinski definition) is 0. The van der Waals surface area contributed by atoms with Crippen LogP contribution in [0.2, 0.25) is 0 Å². The van der Waals surface area contributed by atoms with Gasteiger partial charge in [-0.3, -0.25) is 0 Å². The van der Waals surface area contributed by atoms with Gasteiger partial charge in [0.25, 0.3) is 0 Å². The van der Waals surface area contributed by atoms with E-state index in [1.807, 2.05) is 17.8 Å². The van der Waals surface area contributed by atoms with E-state index in [0.717, 1.165) is 6.42 Å². The molecule has 3 aromatic rings. The van der Waals surface area contributed by atoms with Crippen molar-refractivity contribution in [3.8, 4) is 0 Å². The van der Waals surface area contributed by atoms with Gasteiger partial charge in [0.05, 0.1) is 0 Å². The van der Waals surface area contributed by atoms with E-state index in [9.17, 15) is 0 Å². The molecule has 0 heterocycles. The van der Waals surface area contributed by atoms with E-state index in [2.05, 4.69) is 105 Å². The van der Waals surface area contributed by atoms with Gasteiger partial charge in [0.15, 0.2) is 0 Å². The van der Waals surface area contributed by atoms with Crippen LogP contribution in [-0.2, 0) is 0 Å². The number of thioether (sulfide) groups is 1. The Hall–Kier alpha value is -2.51. The molecule has 0 aliphatic heterocycles. The predicted octanol–water partition coefficient (Wildman–Crippen LogP) is 7.16. The molecule has 1 heteroatoms. The summed E-state index contributed by atoms with van der Waals surface area (Å²) in [6.45, 7) is 6.09. The second-order valence-corrected chi connectivity index (χ2v) is 7.62. The molecule has 0 aromatic heterocycles. The maximum atomic E-state index is 3.97. The largest absolute Gasteiger partial charge is 0.118 e. The highest BCUT2D eigenvalue weighted by Crippen LogP contribution is 2.32. The number of hydrogen-bond acceptors (Lipinski definition) is 1. The van der Waals surface area contributed by atoms with Crippen molar-refractivity contribution in [3.05, 3.63) is 120 Å². The predicted molar refractivity (Wildman–Crippen MR) is 116 cm³/mol. The smallest absolute Gasteiger partial charge is 0.0317 e. The molecule has 0 spiro atoms. The van der Waals surface area contributed by atoms with Gasteiger partial charge in [-0.15, -0.1) is 18.3 Å². The number of rotatable bonds is 7. The van der Waals surface area contributed by atoms with Crippen molar-refractivity contribution in [1.29, 1.82) is 0 Å². The summed E-state index contributed by atoms with van der Waals surface area (Å²) in [6.07, 6.45) is 5.33. The molecule has 0 aliphatic carbocycles. The second kappa shape index (κ2) is 9.26. The van der Waals surface area contributed by atoms with Gasteiger partial charge >= 0.3 is 0 Å². The van der Waals surface area contributed by atoms with Crippen molar-refractivity contribution in [2.45, 2.75) is 23.5 Å². The van der Waals surface area contributed by atoms with Crippen molar-refractivity contribution in [1.82, 2.24) is 0 Å². The Balaban J connectivity index is 1.97. The summed E-state index contributed by atoms with van der Waals surface area (Å²) in [7, 11) is 0. The maximum Gasteiger partial charge on any atom is 0.0317 e. The lowest BCUT2D eigenvalue weighted by molar-refractivity contribution is 1.07. The van der Waals surface area contributed by atoms with Gasteiger partial charge in [-0.05, 0) is 42.2 Å². The zero-order chi connectivity index (χ0) is 18.2. The molecule has 0 N–H and O–H groups in total. The van der Waals surface area contributed by atoms with Crippen molar-refractivity contribution in [2.75, 3.05) is 0 Å². The highest BCUT2D eigenvalue weighted by Gasteiger charge is 2.11. The number of aryl methyl sites for hydroxylation is 1. The van der Waals surface area contributed by atoms with E-state index in [0.29, 0.717) is 5.25 Å². The fourth-order valence-electron chi connectivity index (χ4n) is 2.89. The summed E-state index contributed by atoms with van der Waals surface area (Å²) in [6, 6.07) is 30.0. The first-order valence-corrected chi connectivity index (χ1v) is 9.81. The average Bonchev–Trinajstić information content (AvgIpc) is 2.69. The lowest BCUT2D eigenvalue weighted by Gasteiger charge is -2.15. The van der Waals surface area contributed by atoms with Crippen molar-refractivity contribution in [2.24, 2.45) is 0 Å². The van der Waals surface area contributed by atoms with Crippen LogP contribution in [0.1, 0.15) is 23.1 Å². The van der Waals surface area contributed by atoms with Crippen LogP contribution in [0.4, 0.5) is 0 Å². The second-order valence-electron chi connectivity index (χ2n) is 6.31. The third-order valence-electron chi connectivity index (χ3n) is 4.23. The highest BCUT2D eigenvalue weighted by atomic mass is 32.2. The molecule has 0 fully saturated rings. The molecule has 0 bridgehead atoms.